The normalized spacial score (nSPS) is 20.9. The molecule has 0 aliphatic carbocycles. The van der Waals surface area contributed by atoms with Gasteiger partial charge in [0.15, 0.2) is 0 Å². The molecule has 0 saturated carbocycles. The van der Waals surface area contributed by atoms with E-state index in [1.54, 1.807) is 18.2 Å². The van der Waals surface area contributed by atoms with Crippen LogP contribution >= 0.6 is 12.4 Å². The molecule has 0 aromatic heterocycles. The average molecular weight is 382 g/mol. The van der Waals surface area contributed by atoms with Gasteiger partial charge >= 0.3 is 0 Å². The summed E-state index contributed by atoms with van der Waals surface area (Å²) in [5.41, 5.74) is 8.19. The summed E-state index contributed by atoms with van der Waals surface area (Å²) in [4.78, 5) is 2.20. The number of hydrogen-bond acceptors (Lipinski definition) is 4. The minimum atomic E-state index is -3.54. The van der Waals surface area contributed by atoms with Gasteiger partial charge in [-0.15, -0.1) is 12.4 Å². The highest BCUT2D eigenvalue weighted by molar-refractivity contribution is 7.89. The first-order valence-corrected chi connectivity index (χ1v) is 9.41. The lowest BCUT2D eigenvalue weighted by molar-refractivity contribution is 0.470. The summed E-state index contributed by atoms with van der Waals surface area (Å²) in [5, 5.41) is 0. The lowest BCUT2D eigenvalue weighted by atomic mass is 9.95. The Labute approximate surface area is 155 Å². The van der Waals surface area contributed by atoms with Gasteiger partial charge < -0.3 is 10.6 Å². The molecule has 5 nitrogen and oxygen atoms in total. The van der Waals surface area contributed by atoms with E-state index in [9.17, 15) is 8.42 Å². The number of sulfonamides is 1. The van der Waals surface area contributed by atoms with Gasteiger partial charge in [0.05, 0.1) is 4.90 Å². The molecule has 1 heterocycles. The van der Waals surface area contributed by atoms with Crippen molar-refractivity contribution in [3.05, 3.63) is 60.2 Å². The first kappa shape index (κ1) is 19.7. The second-order valence-corrected chi connectivity index (χ2v) is 8.33. The van der Waals surface area contributed by atoms with Crippen molar-refractivity contribution >= 4 is 28.1 Å². The standard InChI is InChI=1S/C18H23N3O2S.ClH/c1-20(2)15-9-6-10-16(11-15)24(22,23)21-12-17(18(19)13-21)14-7-4-3-5-8-14;/h3-11,17-18H,12-13,19H2,1-2H3;1H/t17-,18+;/m0./s1. The highest BCUT2D eigenvalue weighted by atomic mass is 35.5. The molecule has 2 aromatic carbocycles. The molecule has 2 atom stereocenters. The third-order valence-corrected chi connectivity index (χ3v) is 6.36. The summed E-state index contributed by atoms with van der Waals surface area (Å²) in [7, 11) is 0.242. The van der Waals surface area contributed by atoms with Crippen molar-refractivity contribution < 1.29 is 8.42 Å². The molecule has 0 spiro atoms. The topological polar surface area (TPSA) is 66.6 Å². The first-order chi connectivity index (χ1) is 11.4. The first-order valence-electron chi connectivity index (χ1n) is 7.97. The third kappa shape index (κ3) is 3.98. The molecule has 1 fully saturated rings. The van der Waals surface area contributed by atoms with Crippen molar-refractivity contribution in [3.63, 3.8) is 0 Å². The fourth-order valence-electron chi connectivity index (χ4n) is 3.11. The van der Waals surface area contributed by atoms with E-state index in [0.717, 1.165) is 11.3 Å². The number of nitrogens with zero attached hydrogens (tertiary/aromatic N) is 2. The molecular formula is C18H24ClN3O2S. The van der Waals surface area contributed by atoms with Gasteiger partial charge in [-0.25, -0.2) is 8.42 Å². The maximum atomic E-state index is 13.0. The number of benzene rings is 2. The van der Waals surface area contributed by atoms with Crippen LogP contribution in [0.4, 0.5) is 5.69 Å². The van der Waals surface area contributed by atoms with Crippen LogP contribution in [-0.2, 0) is 10.0 Å². The van der Waals surface area contributed by atoms with E-state index in [0.29, 0.717) is 18.0 Å². The summed E-state index contributed by atoms with van der Waals surface area (Å²) < 4.78 is 27.5. The molecule has 0 amide bonds. The van der Waals surface area contributed by atoms with E-state index in [2.05, 4.69) is 0 Å². The molecule has 7 heteroatoms. The molecule has 3 rings (SSSR count). The van der Waals surface area contributed by atoms with Gasteiger partial charge in [-0.3, -0.25) is 0 Å². The summed E-state index contributed by atoms with van der Waals surface area (Å²) in [6, 6.07) is 16.7. The second kappa shape index (κ2) is 7.74. The lowest BCUT2D eigenvalue weighted by Gasteiger charge is -2.18. The largest absolute Gasteiger partial charge is 0.378 e. The minimum Gasteiger partial charge on any atom is -0.378 e. The maximum Gasteiger partial charge on any atom is 0.243 e. The Morgan fingerprint density at radius 3 is 2.36 bits per heavy atom. The summed E-state index contributed by atoms with van der Waals surface area (Å²) in [6.45, 7) is 0.758. The van der Waals surface area contributed by atoms with E-state index < -0.39 is 10.0 Å². The van der Waals surface area contributed by atoms with Crippen molar-refractivity contribution in [2.45, 2.75) is 16.9 Å². The maximum absolute atomic E-state index is 13.0. The molecule has 0 bridgehead atoms. The van der Waals surface area contributed by atoms with Crippen LogP contribution in [-0.4, -0.2) is 45.9 Å². The molecule has 25 heavy (non-hydrogen) atoms. The Kier molecular flexibility index (Phi) is 6.11. The Bertz CT molecular complexity index is 812. The molecular weight excluding hydrogens is 358 g/mol. The molecule has 0 unspecified atom stereocenters. The predicted molar refractivity (Wildman–Crippen MR) is 104 cm³/mol. The highest BCUT2D eigenvalue weighted by Gasteiger charge is 2.38. The van der Waals surface area contributed by atoms with Gasteiger partial charge in [0.2, 0.25) is 10.0 Å². The Balaban J connectivity index is 0.00000225. The van der Waals surface area contributed by atoms with Crippen LogP contribution in [0.5, 0.6) is 0 Å². The Morgan fingerprint density at radius 1 is 1.04 bits per heavy atom. The van der Waals surface area contributed by atoms with Crippen molar-refractivity contribution in [1.29, 1.82) is 0 Å². The number of rotatable bonds is 4. The van der Waals surface area contributed by atoms with Crippen LogP contribution in [0.2, 0.25) is 0 Å². The van der Waals surface area contributed by atoms with Crippen LogP contribution in [0, 0.1) is 0 Å². The molecule has 1 aliphatic rings. The van der Waals surface area contributed by atoms with Crippen LogP contribution in [0.3, 0.4) is 0 Å². The summed E-state index contributed by atoms with van der Waals surface area (Å²) in [5.74, 6) is 0.0259. The zero-order valence-electron chi connectivity index (χ0n) is 14.4. The van der Waals surface area contributed by atoms with Gasteiger partial charge in [-0.05, 0) is 23.8 Å². The Morgan fingerprint density at radius 2 is 1.72 bits per heavy atom. The molecule has 0 radical (unpaired) electrons. The van der Waals surface area contributed by atoms with Gasteiger partial charge in [0, 0.05) is 44.8 Å². The quantitative estimate of drug-likeness (QED) is 0.882. The van der Waals surface area contributed by atoms with Gasteiger partial charge in [0.25, 0.3) is 0 Å². The molecule has 1 aliphatic heterocycles. The molecule has 136 valence electrons. The van der Waals surface area contributed by atoms with E-state index in [1.807, 2.05) is 55.4 Å². The number of anilines is 1. The molecule has 2 N–H and O–H groups in total. The van der Waals surface area contributed by atoms with Crippen LogP contribution in [0.25, 0.3) is 0 Å². The average Bonchev–Trinajstić information content (AvgIpc) is 2.98. The fraction of sp³-hybridized carbons (Fsp3) is 0.333. The summed E-state index contributed by atoms with van der Waals surface area (Å²) in [6.07, 6.45) is 0. The third-order valence-electron chi connectivity index (χ3n) is 4.53. The van der Waals surface area contributed by atoms with Crippen molar-refractivity contribution in [1.82, 2.24) is 4.31 Å². The zero-order chi connectivity index (χ0) is 17.3. The van der Waals surface area contributed by atoms with Crippen LogP contribution in [0.15, 0.2) is 59.5 Å². The molecule has 2 aromatic rings. The molecule has 1 saturated heterocycles. The fourth-order valence-corrected chi connectivity index (χ4v) is 4.66. The van der Waals surface area contributed by atoms with E-state index >= 15 is 0 Å². The zero-order valence-corrected chi connectivity index (χ0v) is 16.0. The monoisotopic (exact) mass is 381 g/mol. The SMILES string of the molecule is CN(C)c1cccc(S(=O)(=O)N2C[C@@H](N)[C@H](c3ccccc3)C2)c1.Cl. The minimum absolute atomic E-state index is 0. The van der Waals surface area contributed by atoms with Crippen LogP contribution < -0.4 is 10.6 Å². The number of nitrogens with two attached hydrogens (primary N) is 1. The summed E-state index contributed by atoms with van der Waals surface area (Å²) >= 11 is 0. The van der Waals surface area contributed by atoms with Gasteiger partial charge in [-0.1, -0.05) is 36.4 Å². The van der Waals surface area contributed by atoms with Crippen LogP contribution in [0.1, 0.15) is 11.5 Å². The van der Waals surface area contributed by atoms with E-state index in [-0.39, 0.29) is 24.4 Å². The van der Waals surface area contributed by atoms with Gasteiger partial charge in [-0.2, -0.15) is 4.31 Å². The predicted octanol–water partition coefficient (Wildman–Crippen LogP) is 2.29. The van der Waals surface area contributed by atoms with Crippen molar-refractivity contribution in [2.24, 2.45) is 5.73 Å². The van der Waals surface area contributed by atoms with Crippen molar-refractivity contribution in [3.8, 4) is 0 Å². The van der Waals surface area contributed by atoms with E-state index in [4.69, 9.17) is 5.73 Å². The van der Waals surface area contributed by atoms with Gasteiger partial charge in [0.1, 0.15) is 0 Å². The Hall–Kier alpha value is -1.60. The van der Waals surface area contributed by atoms with E-state index in [1.165, 1.54) is 4.31 Å². The lowest BCUT2D eigenvalue weighted by Crippen LogP contribution is -2.32. The second-order valence-electron chi connectivity index (χ2n) is 6.39. The number of hydrogen-bond donors (Lipinski definition) is 1. The van der Waals surface area contributed by atoms with Crippen molar-refractivity contribution in [2.75, 3.05) is 32.1 Å². The highest BCUT2D eigenvalue weighted by Crippen LogP contribution is 2.31. The number of halogens is 1. The smallest absolute Gasteiger partial charge is 0.243 e.